The third kappa shape index (κ3) is 4.33. The van der Waals surface area contributed by atoms with Gasteiger partial charge in [-0.3, -0.25) is 10.0 Å². The maximum absolute atomic E-state index is 12.8. The Labute approximate surface area is 141 Å². The summed E-state index contributed by atoms with van der Waals surface area (Å²) in [5.74, 6) is -0.215. The molecule has 1 fully saturated rings. The topological polar surface area (TPSA) is 108 Å². The molecule has 3 N–H and O–H groups in total. The zero-order valence-electron chi connectivity index (χ0n) is 12.6. The quantitative estimate of drug-likeness (QED) is 0.511. The van der Waals surface area contributed by atoms with Crippen LogP contribution in [0.3, 0.4) is 0 Å². The van der Waals surface area contributed by atoms with Crippen molar-refractivity contribution in [3.8, 4) is 5.75 Å². The lowest BCUT2D eigenvalue weighted by Crippen LogP contribution is -2.51. The summed E-state index contributed by atoms with van der Waals surface area (Å²) in [6, 6.07) is 4.95. The lowest BCUT2D eigenvalue weighted by molar-refractivity contribution is -0.132. The molecule has 8 nitrogen and oxygen atoms in total. The van der Waals surface area contributed by atoms with Gasteiger partial charge in [0, 0.05) is 13.1 Å². The van der Waals surface area contributed by atoms with E-state index in [9.17, 15) is 13.2 Å². The number of carbonyl (C=O) groups excluding carboxylic acids is 1. The normalized spacial score (nSPS) is 19.3. The molecule has 1 unspecified atom stereocenters. The number of ether oxygens (including phenoxy) is 1. The van der Waals surface area contributed by atoms with Crippen LogP contribution in [-0.4, -0.2) is 56.6 Å². The summed E-state index contributed by atoms with van der Waals surface area (Å²) < 4.78 is 31.7. The number of hydrogen-bond acceptors (Lipinski definition) is 6. The van der Waals surface area contributed by atoms with Crippen LogP contribution >= 0.6 is 12.4 Å². The van der Waals surface area contributed by atoms with Crippen LogP contribution in [0.15, 0.2) is 29.2 Å². The third-order valence-corrected chi connectivity index (χ3v) is 5.42. The number of amides is 1. The van der Waals surface area contributed by atoms with Crippen LogP contribution in [0.4, 0.5) is 0 Å². The van der Waals surface area contributed by atoms with Crippen molar-refractivity contribution in [3.63, 3.8) is 0 Å². The SMILES string of the molecule is COc1ccc(S(=O)(=O)N2CCCNCC2C(=O)NO)cc1.Cl. The molecule has 1 saturated heterocycles. The van der Waals surface area contributed by atoms with Gasteiger partial charge in [-0.15, -0.1) is 12.4 Å². The van der Waals surface area contributed by atoms with Gasteiger partial charge in [-0.2, -0.15) is 4.31 Å². The van der Waals surface area contributed by atoms with Gasteiger partial charge in [-0.1, -0.05) is 0 Å². The third-order valence-electron chi connectivity index (χ3n) is 3.50. The van der Waals surface area contributed by atoms with Crippen LogP contribution < -0.4 is 15.5 Å². The second kappa shape index (κ2) is 8.46. The summed E-state index contributed by atoms with van der Waals surface area (Å²) in [5.41, 5.74) is 1.53. The highest BCUT2D eigenvalue weighted by Gasteiger charge is 2.36. The Balaban J connectivity index is 0.00000264. The van der Waals surface area contributed by atoms with E-state index in [0.29, 0.717) is 18.7 Å². The maximum atomic E-state index is 12.8. The Hall–Kier alpha value is -1.39. The number of benzene rings is 1. The van der Waals surface area contributed by atoms with Crippen LogP contribution in [0.25, 0.3) is 0 Å². The molecule has 0 aromatic heterocycles. The molecule has 1 aliphatic rings. The minimum absolute atomic E-state index is 0. The molecule has 0 spiro atoms. The zero-order valence-corrected chi connectivity index (χ0v) is 14.2. The summed E-state index contributed by atoms with van der Waals surface area (Å²) in [7, 11) is -2.36. The summed E-state index contributed by atoms with van der Waals surface area (Å²) in [4.78, 5) is 11.9. The number of nitrogens with zero attached hydrogens (tertiary/aromatic N) is 1. The van der Waals surface area contributed by atoms with E-state index in [-0.39, 0.29) is 30.4 Å². The summed E-state index contributed by atoms with van der Waals surface area (Å²) in [6.07, 6.45) is 0.574. The van der Waals surface area contributed by atoms with Gasteiger partial charge in [0.15, 0.2) is 0 Å². The van der Waals surface area contributed by atoms with Crippen LogP contribution in [0, 0.1) is 0 Å². The largest absolute Gasteiger partial charge is 0.497 e. The molecule has 2 rings (SSSR count). The molecule has 1 amide bonds. The Kier molecular flexibility index (Phi) is 7.23. The molecule has 1 aliphatic heterocycles. The van der Waals surface area contributed by atoms with Crippen LogP contribution in [-0.2, 0) is 14.8 Å². The van der Waals surface area contributed by atoms with Gasteiger partial charge in [0.1, 0.15) is 11.8 Å². The maximum Gasteiger partial charge on any atom is 0.263 e. The van der Waals surface area contributed by atoms with Crippen molar-refractivity contribution < 1.29 is 23.2 Å². The summed E-state index contributed by atoms with van der Waals surface area (Å²) in [5, 5.41) is 11.8. The number of hydroxylamine groups is 1. The molecule has 130 valence electrons. The van der Waals surface area contributed by atoms with Gasteiger partial charge in [-0.25, -0.2) is 13.9 Å². The van der Waals surface area contributed by atoms with Gasteiger partial charge in [0.25, 0.3) is 5.91 Å². The number of carbonyl (C=O) groups is 1. The fraction of sp³-hybridized carbons (Fsp3) is 0.462. The van der Waals surface area contributed by atoms with E-state index in [1.165, 1.54) is 24.7 Å². The second-order valence-electron chi connectivity index (χ2n) is 4.84. The minimum Gasteiger partial charge on any atom is -0.497 e. The Bertz CT molecular complexity index is 623. The fourth-order valence-corrected chi connectivity index (χ4v) is 3.95. The number of nitrogens with one attached hydrogen (secondary N) is 2. The smallest absolute Gasteiger partial charge is 0.263 e. The molecule has 0 aliphatic carbocycles. The number of rotatable bonds is 4. The second-order valence-corrected chi connectivity index (χ2v) is 6.73. The van der Waals surface area contributed by atoms with Gasteiger partial charge in [-0.05, 0) is 37.2 Å². The minimum atomic E-state index is -3.85. The van der Waals surface area contributed by atoms with E-state index in [4.69, 9.17) is 9.94 Å². The van der Waals surface area contributed by atoms with E-state index >= 15 is 0 Å². The Morgan fingerprint density at radius 2 is 2.04 bits per heavy atom. The monoisotopic (exact) mass is 365 g/mol. The Morgan fingerprint density at radius 3 is 2.61 bits per heavy atom. The van der Waals surface area contributed by atoms with Crippen molar-refractivity contribution in [1.82, 2.24) is 15.1 Å². The number of methoxy groups -OCH3 is 1. The zero-order chi connectivity index (χ0) is 16.2. The molecule has 0 bridgehead atoms. The molecule has 23 heavy (non-hydrogen) atoms. The molecular weight excluding hydrogens is 346 g/mol. The van der Waals surface area contributed by atoms with E-state index in [1.54, 1.807) is 12.1 Å². The van der Waals surface area contributed by atoms with Crippen molar-refractivity contribution in [2.45, 2.75) is 17.4 Å². The first-order valence-electron chi connectivity index (χ1n) is 6.81. The molecule has 1 aromatic carbocycles. The van der Waals surface area contributed by atoms with Crippen LogP contribution in [0.1, 0.15) is 6.42 Å². The lowest BCUT2D eigenvalue weighted by Gasteiger charge is -2.27. The molecule has 1 heterocycles. The van der Waals surface area contributed by atoms with Crippen molar-refractivity contribution in [1.29, 1.82) is 0 Å². The van der Waals surface area contributed by atoms with E-state index in [0.717, 1.165) is 4.31 Å². The highest BCUT2D eigenvalue weighted by Crippen LogP contribution is 2.22. The predicted octanol–water partition coefficient (Wildman–Crippen LogP) is -0.0250. The molecule has 10 heteroatoms. The van der Waals surface area contributed by atoms with Gasteiger partial charge in [0.05, 0.1) is 12.0 Å². The molecular formula is C13H20ClN3O5S. The average molecular weight is 366 g/mol. The first kappa shape index (κ1) is 19.7. The number of halogens is 1. The first-order valence-corrected chi connectivity index (χ1v) is 8.25. The van der Waals surface area contributed by atoms with Crippen molar-refractivity contribution in [2.75, 3.05) is 26.7 Å². The molecule has 0 radical (unpaired) electrons. The van der Waals surface area contributed by atoms with Gasteiger partial charge in [0.2, 0.25) is 10.0 Å². The van der Waals surface area contributed by atoms with E-state index < -0.39 is 22.0 Å². The summed E-state index contributed by atoms with van der Waals surface area (Å²) in [6.45, 7) is 0.936. The predicted molar refractivity (Wildman–Crippen MR) is 85.3 cm³/mol. The van der Waals surface area contributed by atoms with Gasteiger partial charge < -0.3 is 10.1 Å². The fourth-order valence-electron chi connectivity index (χ4n) is 2.33. The molecule has 0 saturated carbocycles. The standard InChI is InChI=1S/C13H19N3O5S.ClH/c1-21-10-3-5-11(6-4-10)22(19,20)16-8-2-7-14-9-12(16)13(17)15-18;/h3-6,12,14,18H,2,7-9H2,1H3,(H,15,17);1H. The number of hydrogen-bond donors (Lipinski definition) is 3. The van der Waals surface area contributed by atoms with Crippen molar-refractivity contribution in [2.24, 2.45) is 0 Å². The van der Waals surface area contributed by atoms with Crippen LogP contribution in [0.2, 0.25) is 0 Å². The Morgan fingerprint density at radius 1 is 1.39 bits per heavy atom. The highest BCUT2D eigenvalue weighted by atomic mass is 35.5. The molecule has 1 atom stereocenters. The van der Waals surface area contributed by atoms with Crippen molar-refractivity contribution in [3.05, 3.63) is 24.3 Å². The van der Waals surface area contributed by atoms with E-state index in [1.807, 2.05) is 0 Å². The van der Waals surface area contributed by atoms with Crippen LogP contribution in [0.5, 0.6) is 5.75 Å². The summed E-state index contributed by atoms with van der Waals surface area (Å²) >= 11 is 0. The lowest BCUT2D eigenvalue weighted by atomic mass is 10.3. The first-order chi connectivity index (χ1) is 10.5. The molecule has 1 aromatic rings. The highest BCUT2D eigenvalue weighted by molar-refractivity contribution is 7.89. The average Bonchev–Trinajstić information content (AvgIpc) is 2.80. The van der Waals surface area contributed by atoms with E-state index in [2.05, 4.69) is 5.32 Å². The number of sulfonamides is 1. The van der Waals surface area contributed by atoms with Gasteiger partial charge >= 0.3 is 0 Å². The van der Waals surface area contributed by atoms with Crippen molar-refractivity contribution >= 4 is 28.3 Å².